The van der Waals surface area contributed by atoms with Crippen LogP contribution in [0.3, 0.4) is 0 Å². The van der Waals surface area contributed by atoms with E-state index in [1.54, 1.807) is 13.4 Å². The monoisotopic (exact) mass is 292 g/mol. The molecule has 0 aromatic carbocycles. The van der Waals surface area contributed by atoms with E-state index in [4.69, 9.17) is 9.47 Å². The van der Waals surface area contributed by atoms with Crippen molar-refractivity contribution in [2.75, 3.05) is 64.6 Å². The van der Waals surface area contributed by atoms with Crippen molar-refractivity contribution < 1.29 is 9.47 Å². The quantitative estimate of drug-likeness (QED) is 0.799. The number of aromatic nitrogens is 2. The number of hydrogen-bond donors (Lipinski definition) is 0. The Bertz CT molecular complexity index is 463. The number of nitrogens with zero attached hydrogens (tertiary/aromatic N) is 4. The third kappa shape index (κ3) is 3.51. The van der Waals surface area contributed by atoms with Crippen molar-refractivity contribution in [3.63, 3.8) is 0 Å². The van der Waals surface area contributed by atoms with Gasteiger partial charge in [0.25, 0.3) is 0 Å². The van der Waals surface area contributed by atoms with Crippen molar-refractivity contribution in [1.29, 1.82) is 0 Å². The highest BCUT2D eigenvalue weighted by Gasteiger charge is 2.22. The first-order valence-electron chi connectivity index (χ1n) is 7.75. The third-order valence-electron chi connectivity index (χ3n) is 4.28. The van der Waals surface area contributed by atoms with Crippen LogP contribution < -0.4 is 4.90 Å². The highest BCUT2D eigenvalue weighted by molar-refractivity contribution is 5.49. The largest absolute Gasteiger partial charge is 0.383 e. The van der Waals surface area contributed by atoms with Gasteiger partial charge in [0, 0.05) is 51.8 Å². The van der Waals surface area contributed by atoms with Crippen LogP contribution >= 0.6 is 0 Å². The standard InChI is InChI=1S/C15H24N4O2/c1-20-9-6-18-4-2-13-14(3-5-18)16-12-17-15(13)19-7-10-21-11-8-19/h12H,2-11H2,1H3. The molecule has 1 fully saturated rings. The second-order valence-electron chi connectivity index (χ2n) is 5.56. The summed E-state index contributed by atoms with van der Waals surface area (Å²) in [5, 5.41) is 0. The molecule has 6 heteroatoms. The lowest BCUT2D eigenvalue weighted by Gasteiger charge is -2.29. The number of hydrogen-bond acceptors (Lipinski definition) is 6. The molecule has 0 radical (unpaired) electrons. The van der Waals surface area contributed by atoms with Crippen LogP contribution in [0.15, 0.2) is 6.33 Å². The highest BCUT2D eigenvalue weighted by Crippen LogP contribution is 2.24. The van der Waals surface area contributed by atoms with Gasteiger partial charge in [-0.1, -0.05) is 0 Å². The number of ether oxygens (including phenoxy) is 2. The first-order chi connectivity index (χ1) is 10.4. The molecule has 0 saturated carbocycles. The molecular formula is C15H24N4O2. The zero-order valence-corrected chi connectivity index (χ0v) is 12.8. The summed E-state index contributed by atoms with van der Waals surface area (Å²) in [4.78, 5) is 13.9. The van der Waals surface area contributed by atoms with Crippen LogP contribution in [0.4, 0.5) is 5.82 Å². The Kier molecular flexibility index (Phi) is 5.00. The molecule has 0 N–H and O–H groups in total. The molecule has 1 aromatic heterocycles. The van der Waals surface area contributed by atoms with Crippen LogP contribution in [0, 0.1) is 0 Å². The van der Waals surface area contributed by atoms with Crippen molar-refractivity contribution in [3.8, 4) is 0 Å². The summed E-state index contributed by atoms with van der Waals surface area (Å²) in [7, 11) is 1.76. The zero-order valence-electron chi connectivity index (χ0n) is 12.8. The Labute approximate surface area is 126 Å². The van der Waals surface area contributed by atoms with Crippen LogP contribution in [0.25, 0.3) is 0 Å². The van der Waals surface area contributed by atoms with E-state index >= 15 is 0 Å². The van der Waals surface area contributed by atoms with Gasteiger partial charge < -0.3 is 19.3 Å². The van der Waals surface area contributed by atoms with Crippen LogP contribution in [-0.2, 0) is 22.3 Å². The Morgan fingerprint density at radius 1 is 1.14 bits per heavy atom. The topological polar surface area (TPSA) is 50.7 Å². The lowest BCUT2D eigenvalue weighted by atomic mass is 10.1. The van der Waals surface area contributed by atoms with E-state index in [-0.39, 0.29) is 0 Å². The fourth-order valence-electron chi connectivity index (χ4n) is 3.05. The first kappa shape index (κ1) is 14.7. The molecule has 0 unspecified atom stereocenters. The summed E-state index contributed by atoms with van der Waals surface area (Å²) in [6, 6.07) is 0. The van der Waals surface area contributed by atoms with Gasteiger partial charge in [-0.15, -0.1) is 0 Å². The molecule has 1 saturated heterocycles. The van der Waals surface area contributed by atoms with Crippen molar-refractivity contribution in [2.24, 2.45) is 0 Å². The maximum atomic E-state index is 5.44. The molecule has 0 amide bonds. The van der Waals surface area contributed by atoms with Crippen LogP contribution in [0.1, 0.15) is 11.3 Å². The predicted molar refractivity (Wildman–Crippen MR) is 80.8 cm³/mol. The molecule has 6 nitrogen and oxygen atoms in total. The summed E-state index contributed by atoms with van der Waals surface area (Å²) < 4.78 is 10.6. The van der Waals surface area contributed by atoms with E-state index in [9.17, 15) is 0 Å². The van der Waals surface area contributed by atoms with Gasteiger partial charge in [-0.05, 0) is 6.42 Å². The fraction of sp³-hybridized carbons (Fsp3) is 0.733. The molecule has 0 bridgehead atoms. The third-order valence-corrected chi connectivity index (χ3v) is 4.28. The Morgan fingerprint density at radius 2 is 1.95 bits per heavy atom. The summed E-state index contributed by atoms with van der Waals surface area (Å²) in [5.74, 6) is 1.12. The summed E-state index contributed by atoms with van der Waals surface area (Å²) in [6.45, 7) is 7.32. The van der Waals surface area contributed by atoms with Gasteiger partial charge >= 0.3 is 0 Å². The maximum absolute atomic E-state index is 5.44. The smallest absolute Gasteiger partial charge is 0.135 e. The molecule has 1 aromatic rings. The van der Waals surface area contributed by atoms with Gasteiger partial charge in [0.15, 0.2) is 0 Å². The number of methoxy groups -OCH3 is 1. The van der Waals surface area contributed by atoms with E-state index in [1.165, 1.54) is 11.3 Å². The molecule has 2 aliphatic heterocycles. The van der Waals surface area contributed by atoms with Gasteiger partial charge in [0.05, 0.1) is 25.5 Å². The Balaban J connectivity index is 1.75. The molecule has 3 rings (SSSR count). The predicted octanol–water partition coefficient (Wildman–Crippen LogP) is 0.360. The zero-order chi connectivity index (χ0) is 14.5. The van der Waals surface area contributed by atoms with E-state index < -0.39 is 0 Å². The second-order valence-corrected chi connectivity index (χ2v) is 5.56. The molecule has 3 heterocycles. The SMILES string of the molecule is COCCN1CCc2ncnc(N3CCOCC3)c2CC1. The van der Waals surface area contributed by atoms with Crippen LogP contribution in [-0.4, -0.2) is 74.5 Å². The van der Waals surface area contributed by atoms with E-state index in [2.05, 4.69) is 19.8 Å². The second kappa shape index (κ2) is 7.15. The molecule has 116 valence electrons. The Hall–Kier alpha value is -1.24. The molecule has 21 heavy (non-hydrogen) atoms. The normalized spacial score (nSPS) is 20.1. The summed E-state index contributed by atoms with van der Waals surface area (Å²) in [6.07, 6.45) is 3.74. The molecule has 0 spiro atoms. The average Bonchev–Trinajstić information content (AvgIpc) is 2.76. The first-order valence-corrected chi connectivity index (χ1v) is 7.75. The number of anilines is 1. The number of fused-ring (bicyclic) bond motifs is 1. The van der Waals surface area contributed by atoms with Crippen LogP contribution in [0.2, 0.25) is 0 Å². The average molecular weight is 292 g/mol. The summed E-state index contributed by atoms with van der Waals surface area (Å²) in [5.41, 5.74) is 2.55. The van der Waals surface area contributed by atoms with Crippen molar-refractivity contribution >= 4 is 5.82 Å². The highest BCUT2D eigenvalue weighted by atomic mass is 16.5. The maximum Gasteiger partial charge on any atom is 0.135 e. The molecule has 0 aliphatic carbocycles. The van der Waals surface area contributed by atoms with Gasteiger partial charge in [-0.3, -0.25) is 0 Å². The summed E-state index contributed by atoms with van der Waals surface area (Å²) >= 11 is 0. The minimum Gasteiger partial charge on any atom is -0.383 e. The Morgan fingerprint density at radius 3 is 2.76 bits per heavy atom. The fourth-order valence-corrected chi connectivity index (χ4v) is 3.05. The molecule has 2 aliphatic rings. The van der Waals surface area contributed by atoms with Gasteiger partial charge in [-0.2, -0.15) is 0 Å². The lowest BCUT2D eigenvalue weighted by molar-refractivity contribution is 0.122. The van der Waals surface area contributed by atoms with Gasteiger partial charge in [0.2, 0.25) is 0 Å². The molecule has 0 atom stereocenters. The minimum atomic E-state index is 0.790. The number of morpholine rings is 1. The van der Waals surface area contributed by atoms with Gasteiger partial charge in [-0.25, -0.2) is 9.97 Å². The van der Waals surface area contributed by atoms with Crippen LogP contribution in [0.5, 0.6) is 0 Å². The number of rotatable bonds is 4. The minimum absolute atomic E-state index is 0.790. The van der Waals surface area contributed by atoms with E-state index in [0.717, 1.165) is 71.2 Å². The van der Waals surface area contributed by atoms with E-state index in [1.807, 2.05) is 0 Å². The van der Waals surface area contributed by atoms with Gasteiger partial charge in [0.1, 0.15) is 12.1 Å². The van der Waals surface area contributed by atoms with Crippen molar-refractivity contribution in [3.05, 3.63) is 17.6 Å². The van der Waals surface area contributed by atoms with E-state index in [0.29, 0.717) is 0 Å². The van der Waals surface area contributed by atoms with Crippen molar-refractivity contribution in [2.45, 2.75) is 12.8 Å². The lowest BCUT2D eigenvalue weighted by Crippen LogP contribution is -2.37. The van der Waals surface area contributed by atoms with Crippen molar-refractivity contribution in [1.82, 2.24) is 14.9 Å². The molecular weight excluding hydrogens is 268 g/mol.